The molecule has 0 radical (unpaired) electrons. The van der Waals surface area contributed by atoms with Gasteiger partial charge in [-0.25, -0.2) is 4.79 Å². The molecule has 30 heavy (non-hydrogen) atoms. The zero-order valence-electron chi connectivity index (χ0n) is 18.6. The van der Waals surface area contributed by atoms with Crippen LogP contribution in [0, 0.1) is 6.92 Å². The highest BCUT2D eigenvalue weighted by atomic mass is 16.6. The molecule has 2 fully saturated rings. The lowest BCUT2D eigenvalue weighted by Crippen LogP contribution is -2.50. The molecule has 0 unspecified atom stereocenters. The Morgan fingerprint density at radius 3 is 2.30 bits per heavy atom. The molecule has 3 N–H and O–H groups in total. The molecule has 2 aliphatic heterocycles. The first-order valence-corrected chi connectivity index (χ1v) is 10.8. The van der Waals surface area contributed by atoms with Gasteiger partial charge in [0.05, 0.1) is 0 Å². The van der Waals surface area contributed by atoms with Crippen LogP contribution < -0.4 is 15.7 Å². The van der Waals surface area contributed by atoms with Gasteiger partial charge >= 0.3 is 13.2 Å². The second-order valence-corrected chi connectivity index (χ2v) is 9.18. The molecule has 3 rings (SSSR count). The monoisotopic (exact) mass is 418 g/mol. The predicted molar refractivity (Wildman–Crippen MR) is 119 cm³/mol. The molecule has 2 heterocycles. The third-order valence-electron chi connectivity index (χ3n) is 5.68. The summed E-state index contributed by atoms with van der Waals surface area (Å²) in [6.07, 6.45) is -0.280. The van der Waals surface area contributed by atoms with E-state index in [9.17, 15) is 14.8 Å². The largest absolute Gasteiger partial charge is 0.488 e. The van der Waals surface area contributed by atoms with Gasteiger partial charge in [0.1, 0.15) is 5.60 Å². The molecule has 2 aliphatic rings. The van der Waals surface area contributed by atoms with Crippen LogP contribution in [-0.2, 0) is 11.3 Å². The van der Waals surface area contributed by atoms with E-state index < -0.39 is 12.7 Å². The van der Waals surface area contributed by atoms with Crippen molar-refractivity contribution in [3.05, 3.63) is 23.3 Å². The van der Waals surface area contributed by atoms with Crippen molar-refractivity contribution in [1.29, 1.82) is 0 Å². The maximum Gasteiger partial charge on any atom is 0.488 e. The van der Waals surface area contributed by atoms with Gasteiger partial charge in [0, 0.05) is 64.6 Å². The Hall–Kier alpha value is -1.81. The fraction of sp³-hybridized carbons (Fsp3) is 0.667. The Bertz CT molecular complexity index is 739. The van der Waals surface area contributed by atoms with E-state index in [0.717, 1.165) is 49.5 Å². The second kappa shape index (κ2) is 9.55. The number of hydrogen-bond donors (Lipinski definition) is 3. The van der Waals surface area contributed by atoms with Gasteiger partial charge in [-0.2, -0.15) is 0 Å². The minimum Gasteiger partial charge on any atom is -0.444 e. The number of carbonyl (C=O) groups is 1. The van der Waals surface area contributed by atoms with Gasteiger partial charge in [0.25, 0.3) is 0 Å². The van der Waals surface area contributed by atoms with Crippen molar-refractivity contribution in [2.75, 3.05) is 57.3 Å². The first-order valence-electron chi connectivity index (χ1n) is 10.8. The van der Waals surface area contributed by atoms with E-state index >= 15 is 0 Å². The molecule has 9 heteroatoms. The summed E-state index contributed by atoms with van der Waals surface area (Å²) >= 11 is 0. The van der Waals surface area contributed by atoms with Gasteiger partial charge < -0.3 is 29.9 Å². The molecule has 0 aromatic heterocycles. The topological polar surface area (TPSA) is 88.5 Å². The fourth-order valence-corrected chi connectivity index (χ4v) is 3.99. The molecule has 1 aromatic rings. The first-order chi connectivity index (χ1) is 14.1. The summed E-state index contributed by atoms with van der Waals surface area (Å²) in [6, 6.07) is 3.77. The van der Waals surface area contributed by atoms with Crippen molar-refractivity contribution in [2.24, 2.45) is 0 Å². The minimum absolute atomic E-state index is 0.280. The lowest BCUT2D eigenvalue weighted by atomic mass is 9.78. The number of anilines is 1. The van der Waals surface area contributed by atoms with Crippen LogP contribution in [0.2, 0.25) is 0 Å². The maximum absolute atomic E-state index is 12.4. The zero-order chi connectivity index (χ0) is 21.9. The highest BCUT2D eigenvalue weighted by Crippen LogP contribution is 2.25. The molecule has 0 spiro atoms. The summed E-state index contributed by atoms with van der Waals surface area (Å²) in [7, 11) is -1.51. The van der Waals surface area contributed by atoms with Gasteiger partial charge in [0.2, 0.25) is 0 Å². The number of rotatable bonds is 4. The number of amides is 1. The van der Waals surface area contributed by atoms with Crippen LogP contribution in [0.3, 0.4) is 0 Å². The van der Waals surface area contributed by atoms with E-state index in [1.54, 1.807) is 4.90 Å². The van der Waals surface area contributed by atoms with E-state index in [2.05, 4.69) is 22.0 Å². The van der Waals surface area contributed by atoms with E-state index in [4.69, 9.17) is 4.74 Å². The minimum atomic E-state index is -1.51. The molecule has 166 valence electrons. The Morgan fingerprint density at radius 2 is 1.73 bits per heavy atom. The van der Waals surface area contributed by atoms with Crippen molar-refractivity contribution in [1.82, 2.24) is 15.1 Å². The lowest BCUT2D eigenvalue weighted by Gasteiger charge is -2.38. The van der Waals surface area contributed by atoms with E-state index in [1.165, 1.54) is 0 Å². The number of nitrogens with zero attached hydrogens (tertiary/aromatic N) is 3. The number of piperazine rings is 2. The van der Waals surface area contributed by atoms with Crippen LogP contribution in [0.5, 0.6) is 0 Å². The van der Waals surface area contributed by atoms with Crippen LogP contribution in [-0.4, -0.2) is 91.0 Å². The summed E-state index contributed by atoms with van der Waals surface area (Å²) < 4.78 is 5.49. The molecule has 2 saturated heterocycles. The molecular weight excluding hydrogens is 383 g/mol. The third kappa shape index (κ3) is 5.88. The fourth-order valence-electron chi connectivity index (χ4n) is 3.99. The summed E-state index contributed by atoms with van der Waals surface area (Å²) in [4.78, 5) is 18.7. The van der Waals surface area contributed by atoms with Crippen LogP contribution in [0.1, 0.15) is 31.9 Å². The summed E-state index contributed by atoms with van der Waals surface area (Å²) in [5, 5.41) is 23.0. The summed E-state index contributed by atoms with van der Waals surface area (Å²) in [5.41, 5.74) is 3.29. The standard InChI is InChI=1S/C21H35BN4O4/c1-16-17(15-24-7-5-23-6-8-24)13-18(22(28)29)14-19(16)25-9-11-26(12-10-25)20(27)30-21(2,3)4/h13-14,23,28-29H,5-12,15H2,1-4H3. The Labute approximate surface area is 179 Å². The normalized spacial score (nSPS) is 18.5. The molecule has 0 atom stereocenters. The molecule has 0 saturated carbocycles. The van der Waals surface area contributed by atoms with Gasteiger partial charge in [-0.05, 0) is 50.4 Å². The summed E-state index contributed by atoms with van der Waals surface area (Å²) in [5.74, 6) is 0. The van der Waals surface area contributed by atoms with Crippen molar-refractivity contribution in [2.45, 2.75) is 39.8 Å². The first kappa shape index (κ1) is 22.9. The highest BCUT2D eigenvalue weighted by Gasteiger charge is 2.28. The van der Waals surface area contributed by atoms with Crippen LogP contribution in [0.4, 0.5) is 10.5 Å². The lowest BCUT2D eigenvalue weighted by molar-refractivity contribution is 0.0240. The third-order valence-corrected chi connectivity index (χ3v) is 5.68. The number of nitrogens with one attached hydrogen (secondary N) is 1. The average Bonchev–Trinajstić information content (AvgIpc) is 2.69. The number of ether oxygens (including phenoxy) is 1. The van der Waals surface area contributed by atoms with Crippen LogP contribution >= 0.6 is 0 Å². The molecule has 0 aliphatic carbocycles. The second-order valence-electron chi connectivity index (χ2n) is 9.18. The van der Waals surface area contributed by atoms with Crippen molar-refractivity contribution in [3.63, 3.8) is 0 Å². The quantitative estimate of drug-likeness (QED) is 0.600. The smallest absolute Gasteiger partial charge is 0.444 e. The van der Waals surface area contributed by atoms with E-state index in [-0.39, 0.29) is 6.09 Å². The zero-order valence-corrected chi connectivity index (χ0v) is 18.6. The van der Waals surface area contributed by atoms with Gasteiger partial charge in [0.15, 0.2) is 0 Å². The molecule has 1 aromatic carbocycles. The van der Waals surface area contributed by atoms with Crippen LogP contribution in [0.25, 0.3) is 0 Å². The number of carbonyl (C=O) groups excluding carboxylic acids is 1. The molecule has 1 amide bonds. The Balaban J connectivity index is 1.74. The predicted octanol–water partition coefficient (Wildman–Crippen LogP) is 0.137. The SMILES string of the molecule is Cc1c(CN2CCNCC2)cc(B(O)O)cc1N1CCN(C(=O)OC(C)(C)C)CC1. The average molecular weight is 418 g/mol. The van der Waals surface area contributed by atoms with Gasteiger partial charge in [-0.15, -0.1) is 0 Å². The van der Waals surface area contributed by atoms with E-state index in [0.29, 0.717) is 31.6 Å². The van der Waals surface area contributed by atoms with Crippen molar-refractivity contribution in [3.8, 4) is 0 Å². The number of hydrogen-bond acceptors (Lipinski definition) is 7. The highest BCUT2D eigenvalue weighted by molar-refractivity contribution is 6.58. The number of benzene rings is 1. The Kier molecular flexibility index (Phi) is 7.28. The van der Waals surface area contributed by atoms with Gasteiger partial charge in [-0.1, -0.05) is 6.07 Å². The van der Waals surface area contributed by atoms with Crippen molar-refractivity contribution >= 4 is 24.4 Å². The summed E-state index contributed by atoms with van der Waals surface area (Å²) in [6.45, 7) is 14.9. The van der Waals surface area contributed by atoms with E-state index in [1.807, 2.05) is 32.9 Å². The Morgan fingerprint density at radius 1 is 1.10 bits per heavy atom. The maximum atomic E-state index is 12.4. The van der Waals surface area contributed by atoms with Crippen LogP contribution in [0.15, 0.2) is 12.1 Å². The molecule has 8 nitrogen and oxygen atoms in total. The molecule has 0 bridgehead atoms. The van der Waals surface area contributed by atoms with Crippen molar-refractivity contribution < 1.29 is 19.6 Å². The van der Waals surface area contributed by atoms with Gasteiger partial charge in [-0.3, -0.25) is 4.90 Å². The molecular formula is C21H35BN4O4.